The van der Waals surface area contributed by atoms with E-state index in [1.807, 2.05) is 35.0 Å². The predicted octanol–water partition coefficient (Wildman–Crippen LogP) is 3.25. The molecule has 1 fully saturated rings. The average molecular weight is 394 g/mol. The molecule has 0 radical (unpaired) electrons. The number of amides is 1. The molecule has 140 valence electrons. The lowest BCUT2D eigenvalue weighted by atomic mass is 10.2. The van der Waals surface area contributed by atoms with Crippen LogP contribution < -0.4 is 10.6 Å². The summed E-state index contributed by atoms with van der Waals surface area (Å²) < 4.78 is 1.85. The number of halogens is 1. The Hall–Kier alpha value is -3.44. The van der Waals surface area contributed by atoms with Gasteiger partial charge in [-0.25, -0.2) is 4.68 Å². The first-order chi connectivity index (χ1) is 13.6. The van der Waals surface area contributed by atoms with E-state index in [0.29, 0.717) is 22.3 Å². The van der Waals surface area contributed by atoms with Gasteiger partial charge in [-0.2, -0.15) is 5.26 Å². The Bertz CT molecular complexity index is 1070. The van der Waals surface area contributed by atoms with Crippen LogP contribution in [0, 0.1) is 11.3 Å². The Labute approximate surface area is 166 Å². The maximum atomic E-state index is 12.2. The number of nitrogens with zero attached hydrogens (tertiary/aromatic N) is 5. The molecule has 1 aromatic heterocycles. The molecule has 3 aromatic rings. The van der Waals surface area contributed by atoms with Crippen molar-refractivity contribution < 1.29 is 4.79 Å². The molecule has 1 heterocycles. The molecule has 0 saturated heterocycles. The second-order valence-corrected chi connectivity index (χ2v) is 6.87. The molecular weight excluding hydrogens is 378 g/mol. The van der Waals surface area contributed by atoms with Crippen LogP contribution in [0.15, 0.2) is 42.5 Å². The summed E-state index contributed by atoms with van der Waals surface area (Å²) in [6, 6.07) is 14.7. The number of hydrogen-bond donors (Lipinski definition) is 2. The monoisotopic (exact) mass is 393 g/mol. The molecule has 0 atom stereocenters. The lowest BCUT2D eigenvalue weighted by molar-refractivity contribution is -0.114. The molecule has 4 rings (SSSR count). The average Bonchev–Trinajstić information content (AvgIpc) is 3.43. The maximum Gasteiger partial charge on any atom is 0.243 e. The van der Waals surface area contributed by atoms with Crippen LogP contribution in [0.3, 0.4) is 0 Å². The number of tetrazole rings is 1. The Morgan fingerprint density at radius 2 is 2.11 bits per heavy atom. The molecule has 2 N–H and O–H groups in total. The molecule has 0 spiro atoms. The third-order valence-corrected chi connectivity index (χ3v) is 4.65. The van der Waals surface area contributed by atoms with Gasteiger partial charge < -0.3 is 10.6 Å². The first-order valence-electron chi connectivity index (χ1n) is 8.76. The Balaban J connectivity index is 1.40. The van der Waals surface area contributed by atoms with Crippen LogP contribution in [-0.2, 0) is 4.79 Å². The van der Waals surface area contributed by atoms with E-state index in [-0.39, 0.29) is 12.5 Å². The van der Waals surface area contributed by atoms with Crippen molar-refractivity contribution in [1.29, 1.82) is 5.26 Å². The van der Waals surface area contributed by atoms with Crippen LogP contribution >= 0.6 is 11.6 Å². The van der Waals surface area contributed by atoms with Gasteiger partial charge in [0.05, 0.1) is 23.2 Å². The van der Waals surface area contributed by atoms with Gasteiger partial charge in [0.15, 0.2) is 5.82 Å². The van der Waals surface area contributed by atoms with Crippen LogP contribution in [0.2, 0.25) is 5.02 Å². The van der Waals surface area contributed by atoms with Crippen LogP contribution in [0.1, 0.15) is 24.4 Å². The van der Waals surface area contributed by atoms with E-state index < -0.39 is 0 Å². The summed E-state index contributed by atoms with van der Waals surface area (Å²) >= 11 is 5.98. The highest BCUT2D eigenvalue weighted by Crippen LogP contribution is 2.36. The number of rotatable bonds is 6. The summed E-state index contributed by atoms with van der Waals surface area (Å²) in [5.41, 5.74) is 2.58. The third kappa shape index (κ3) is 3.94. The standard InChI is InChI=1S/C19H16ClN7O/c20-17-9-15(5-4-13(17)10-21)23-18(28)11-22-14-3-1-2-12(8-14)19-24-25-26-27(19)16-6-7-16/h1-5,8-9,16,22H,6-7,11H2,(H,23,28). The van der Waals surface area contributed by atoms with Gasteiger partial charge in [0.25, 0.3) is 0 Å². The van der Waals surface area contributed by atoms with Gasteiger partial charge in [-0.1, -0.05) is 23.7 Å². The fourth-order valence-corrected chi connectivity index (χ4v) is 3.01. The highest BCUT2D eigenvalue weighted by atomic mass is 35.5. The molecule has 1 amide bonds. The minimum Gasteiger partial charge on any atom is -0.376 e. The molecule has 2 aromatic carbocycles. The number of benzene rings is 2. The molecule has 28 heavy (non-hydrogen) atoms. The van der Waals surface area contributed by atoms with E-state index in [1.165, 1.54) is 0 Å². The summed E-state index contributed by atoms with van der Waals surface area (Å²) in [5, 5.41) is 27.0. The second kappa shape index (κ2) is 7.66. The number of hydrogen-bond acceptors (Lipinski definition) is 6. The van der Waals surface area contributed by atoms with Gasteiger partial charge in [0.2, 0.25) is 5.91 Å². The van der Waals surface area contributed by atoms with Gasteiger partial charge >= 0.3 is 0 Å². The van der Waals surface area contributed by atoms with Crippen LogP contribution in [0.5, 0.6) is 0 Å². The highest BCUT2D eigenvalue weighted by Gasteiger charge is 2.28. The lowest BCUT2D eigenvalue weighted by Gasteiger charge is -2.10. The first kappa shape index (κ1) is 17.9. The van der Waals surface area contributed by atoms with Crippen LogP contribution in [0.25, 0.3) is 11.4 Å². The zero-order valence-corrected chi connectivity index (χ0v) is 15.5. The summed E-state index contributed by atoms with van der Waals surface area (Å²) in [5.74, 6) is 0.497. The van der Waals surface area contributed by atoms with Crippen molar-refractivity contribution in [3.8, 4) is 17.5 Å². The summed E-state index contributed by atoms with van der Waals surface area (Å²) in [6.07, 6.45) is 2.19. The molecule has 0 unspecified atom stereocenters. The van der Waals surface area contributed by atoms with E-state index in [9.17, 15) is 4.79 Å². The SMILES string of the molecule is N#Cc1ccc(NC(=O)CNc2cccc(-c3nnnn3C3CC3)c2)cc1Cl. The van der Waals surface area contributed by atoms with Gasteiger partial charge in [-0.15, -0.1) is 5.10 Å². The minimum absolute atomic E-state index is 0.0780. The summed E-state index contributed by atoms with van der Waals surface area (Å²) in [4.78, 5) is 12.2. The summed E-state index contributed by atoms with van der Waals surface area (Å²) in [6.45, 7) is 0.0780. The van der Waals surface area contributed by atoms with Crippen molar-refractivity contribution in [2.24, 2.45) is 0 Å². The quantitative estimate of drug-likeness (QED) is 0.665. The number of nitrogens with one attached hydrogen (secondary N) is 2. The van der Waals surface area contributed by atoms with E-state index >= 15 is 0 Å². The second-order valence-electron chi connectivity index (χ2n) is 6.47. The van der Waals surface area contributed by atoms with Crippen molar-refractivity contribution in [1.82, 2.24) is 20.2 Å². The molecule has 0 bridgehead atoms. The molecule has 8 nitrogen and oxygen atoms in total. The normalized spacial score (nSPS) is 13.0. The minimum atomic E-state index is -0.228. The first-order valence-corrected chi connectivity index (χ1v) is 9.13. The largest absolute Gasteiger partial charge is 0.376 e. The topological polar surface area (TPSA) is 109 Å². The van der Waals surface area contributed by atoms with Gasteiger partial charge in [-0.3, -0.25) is 4.79 Å². The van der Waals surface area contributed by atoms with Crippen molar-refractivity contribution in [2.45, 2.75) is 18.9 Å². The Morgan fingerprint density at radius 1 is 1.25 bits per heavy atom. The molecule has 9 heteroatoms. The predicted molar refractivity (Wildman–Crippen MR) is 105 cm³/mol. The van der Waals surface area contributed by atoms with Crippen molar-refractivity contribution in [2.75, 3.05) is 17.2 Å². The third-order valence-electron chi connectivity index (χ3n) is 4.33. The van der Waals surface area contributed by atoms with Gasteiger partial charge in [0.1, 0.15) is 6.07 Å². The highest BCUT2D eigenvalue weighted by molar-refractivity contribution is 6.32. The zero-order valence-electron chi connectivity index (χ0n) is 14.8. The number of carbonyl (C=O) groups is 1. The Kier molecular flexibility index (Phi) is 4.91. The van der Waals surface area contributed by atoms with E-state index in [0.717, 1.165) is 29.9 Å². The van der Waals surface area contributed by atoms with Crippen molar-refractivity contribution in [3.63, 3.8) is 0 Å². The van der Waals surface area contributed by atoms with Crippen molar-refractivity contribution in [3.05, 3.63) is 53.1 Å². The smallest absolute Gasteiger partial charge is 0.243 e. The number of carbonyl (C=O) groups excluding carboxylic acids is 1. The van der Waals surface area contributed by atoms with Gasteiger partial charge in [-0.05, 0) is 53.6 Å². The van der Waals surface area contributed by atoms with Gasteiger partial charge in [0, 0.05) is 16.9 Å². The summed E-state index contributed by atoms with van der Waals surface area (Å²) in [7, 11) is 0. The lowest BCUT2D eigenvalue weighted by Crippen LogP contribution is -2.21. The molecular formula is C19H16ClN7O. The van der Waals surface area contributed by atoms with Crippen LogP contribution in [0.4, 0.5) is 11.4 Å². The number of anilines is 2. The molecule has 1 saturated carbocycles. The zero-order chi connectivity index (χ0) is 19.5. The number of nitriles is 1. The maximum absolute atomic E-state index is 12.2. The van der Waals surface area contributed by atoms with E-state index in [2.05, 4.69) is 26.2 Å². The van der Waals surface area contributed by atoms with E-state index in [4.69, 9.17) is 16.9 Å². The van der Waals surface area contributed by atoms with Crippen LogP contribution in [-0.4, -0.2) is 32.7 Å². The molecule has 1 aliphatic rings. The fourth-order valence-electron chi connectivity index (χ4n) is 2.79. The fraction of sp³-hybridized carbons (Fsp3) is 0.211. The van der Waals surface area contributed by atoms with Crippen molar-refractivity contribution >= 4 is 28.9 Å². The molecule has 0 aliphatic heterocycles. The van der Waals surface area contributed by atoms with E-state index in [1.54, 1.807) is 18.2 Å². The number of aromatic nitrogens is 4. The Morgan fingerprint density at radius 3 is 2.86 bits per heavy atom. The molecule has 1 aliphatic carbocycles.